The molecule has 0 unspecified atom stereocenters. The fourth-order valence-electron chi connectivity index (χ4n) is 3.92. The van der Waals surface area contributed by atoms with E-state index < -0.39 is 5.41 Å². The molecular weight excluding hydrogens is 344 g/mol. The largest absolute Gasteiger partial charge is 0.300 e. The summed E-state index contributed by atoms with van der Waals surface area (Å²) in [5.74, 6) is 0.256. The summed E-state index contributed by atoms with van der Waals surface area (Å²) in [7, 11) is 0. The second kappa shape index (κ2) is 9.34. The summed E-state index contributed by atoms with van der Waals surface area (Å²) in [6.45, 7) is 13.9. The molecule has 0 aromatic rings. The molecule has 0 bridgehead atoms. The van der Waals surface area contributed by atoms with Gasteiger partial charge in [-0.1, -0.05) is 51.1 Å². The Kier molecular flexibility index (Phi) is 8.32. The van der Waals surface area contributed by atoms with Gasteiger partial charge in [-0.2, -0.15) is 0 Å². The second-order valence-electron chi connectivity index (χ2n) is 9.19. The van der Waals surface area contributed by atoms with Gasteiger partial charge in [0.2, 0.25) is 0 Å². The van der Waals surface area contributed by atoms with Crippen LogP contribution in [0.2, 0.25) is 0 Å². The third-order valence-corrected chi connectivity index (χ3v) is 6.48. The van der Waals surface area contributed by atoms with Crippen molar-refractivity contribution in [3.05, 3.63) is 11.6 Å². The maximum absolute atomic E-state index is 13.1. The van der Waals surface area contributed by atoms with Crippen molar-refractivity contribution >= 4 is 28.4 Å². The lowest BCUT2D eigenvalue weighted by molar-refractivity contribution is -0.129. The van der Waals surface area contributed by atoms with Gasteiger partial charge in [0.25, 0.3) is 0 Å². The van der Waals surface area contributed by atoms with E-state index in [1.807, 2.05) is 6.92 Å². The van der Waals surface area contributed by atoms with Crippen molar-refractivity contribution in [2.75, 3.05) is 0 Å². The third-order valence-electron chi connectivity index (χ3n) is 5.36. The molecule has 1 aliphatic rings. The first-order valence-corrected chi connectivity index (χ1v) is 10.6. The van der Waals surface area contributed by atoms with E-state index in [0.717, 1.165) is 19.3 Å². The monoisotopic (exact) mass is 380 g/mol. The topological polar surface area (TPSA) is 51.2 Å². The molecule has 1 rings (SSSR count). The van der Waals surface area contributed by atoms with E-state index in [-0.39, 0.29) is 33.3 Å². The van der Waals surface area contributed by atoms with Gasteiger partial charge in [-0.3, -0.25) is 9.59 Å². The molecule has 0 spiro atoms. The fraction of sp³-hybridized carbons (Fsp3) is 0.773. The number of allylic oxidation sites excluding steroid dienone is 2. The average molecular weight is 381 g/mol. The number of ketones is 2. The van der Waals surface area contributed by atoms with Crippen molar-refractivity contribution in [1.82, 2.24) is 0 Å². The number of hydrogen-bond donors (Lipinski definition) is 0. The zero-order valence-corrected chi connectivity index (χ0v) is 18.4. The summed E-state index contributed by atoms with van der Waals surface area (Å²) in [4.78, 5) is 37.3. The van der Waals surface area contributed by atoms with Crippen molar-refractivity contribution in [1.29, 1.82) is 0 Å². The number of rotatable bonds is 8. The summed E-state index contributed by atoms with van der Waals surface area (Å²) < 4.78 is -0.135. The molecule has 0 saturated heterocycles. The second-order valence-corrected chi connectivity index (χ2v) is 11.0. The van der Waals surface area contributed by atoms with Crippen LogP contribution in [0.5, 0.6) is 0 Å². The Labute approximate surface area is 163 Å². The van der Waals surface area contributed by atoms with Crippen LogP contribution in [0.1, 0.15) is 87.0 Å². The minimum absolute atomic E-state index is 0.0438. The maximum Gasteiger partial charge on any atom is 0.192 e. The standard InChI is InChI=1S/C22H36O3S/c1-15(2)9-8-10-17(20(25)26-21(4,5)6)18-11-12-19(24)22(18,7)14-13-16(3)23/h9,17-18H,8,10-14H2,1-7H3/t17-,18-,22-/m1/s1. The summed E-state index contributed by atoms with van der Waals surface area (Å²) in [6, 6.07) is 0. The minimum Gasteiger partial charge on any atom is -0.300 e. The molecule has 1 aliphatic carbocycles. The Morgan fingerprint density at radius 1 is 1.27 bits per heavy atom. The summed E-state index contributed by atoms with van der Waals surface area (Å²) in [5, 5.41) is 0.202. The van der Waals surface area contributed by atoms with Crippen molar-refractivity contribution in [3.63, 3.8) is 0 Å². The first-order chi connectivity index (χ1) is 11.9. The molecule has 148 valence electrons. The third kappa shape index (κ3) is 6.68. The van der Waals surface area contributed by atoms with Crippen LogP contribution in [0.4, 0.5) is 0 Å². The number of Topliss-reactive ketones (excluding diaryl/α,β-unsaturated/α-hetero) is 2. The molecular formula is C22H36O3S. The highest BCUT2D eigenvalue weighted by Gasteiger charge is 2.50. The lowest BCUT2D eigenvalue weighted by Crippen LogP contribution is -2.37. The lowest BCUT2D eigenvalue weighted by atomic mass is 9.69. The van der Waals surface area contributed by atoms with Crippen LogP contribution in [0, 0.1) is 17.3 Å². The van der Waals surface area contributed by atoms with Crippen LogP contribution in [-0.2, 0) is 14.4 Å². The van der Waals surface area contributed by atoms with Crippen LogP contribution in [0.3, 0.4) is 0 Å². The summed E-state index contributed by atoms with van der Waals surface area (Å²) in [6.07, 6.45) is 6.09. The first-order valence-electron chi connectivity index (χ1n) is 9.76. The van der Waals surface area contributed by atoms with E-state index in [1.165, 1.54) is 17.3 Å². The molecule has 0 aromatic carbocycles. The molecule has 0 radical (unpaired) electrons. The van der Waals surface area contributed by atoms with E-state index in [9.17, 15) is 14.4 Å². The van der Waals surface area contributed by atoms with Crippen molar-refractivity contribution in [2.24, 2.45) is 17.3 Å². The Bertz CT molecular complexity index is 566. The molecule has 1 fully saturated rings. The highest BCUT2D eigenvalue weighted by molar-refractivity contribution is 8.14. The molecule has 1 saturated carbocycles. The zero-order chi connectivity index (χ0) is 20.1. The van der Waals surface area contributed by atoms with Gasteiger partial charge in [-0.25, -0.2) is 0 Å². The molecule has 0 N–H and O–H groups in total. The number of hydrogen-bond acceptors (Lipinski definition) is 4. The average Bonchev–Trinajstić information content (AvgIpc) is 2.76. The number of carbonyl (C=O) groups is 3. The minimum atomic E-state index is -0.546. The van der Waals surface area contributed by atoms with Crippen LogP contribution < -0.4 is 0 Å². The predicted molar refractivity (Wildman–Crippen MR) is 110 cm³/mol. The molecule has 0 aliphatic heterocycles. The predicted octanol–water partition coefficient (Wildman–Crippen LogP) is 5.76. The van der Waals surface area contributed by atoms with Crippen molar-refractivity contribution in [3.8, 4) is 0 Å². The van der Waals surface area contributed by atoms with Gasteiger partial charge in [0.05, 0.1) is 0 Å². The van der Waals surface area contributed by atoms with Crippen molar-refractivity contribution < 1.29 is 14.4 Å². The van der Waals surface area contributed by atoms with Gasteiger partial charge in [0.15, 0.2) is 5.12 Å². The van der Waals surface area contributed by atoms with Gasteiger partial charge in [0.1, 0.15) is 11.6 Å². The molecule has 0 aromatic heterocycles. The number of carbonyl (C=O) groups excluding carboxylic acids is 3. The molecule has 0 heterocycles. The fourth-order valence-corrected chi connectivity index (χ4v) is 4.95. The van der Waals surface area contributed by atoms with Gasteiger partial charge in [-0.15, -0.1) is 0 Å². The SMILES string of the molecule is CC(=O)CC[C@@]1(C)C(=O)CC[C@@H]1[C@@H](CCC=C(C)C)C(=O)SC(C)(C)C. The molecule has 3 atom stereocenters. The Hall–Kier alpha value is -0.900. The van der Waals surface area contributed by atoms with E-state index in [4.69, 9.17) is 0 Å². The molecule has 0 amide bonds. The first kappa shape index (κ1) is 23.1. The van der Waals surface area contributed by atoms with Crippen LogP contribution in [-0.4, -0.2) is 21.4 Å². The van der Waals surface area contributed by atoms with Crippen LogP contribution in [0.25, 0.3) is 0 Å². The van der Waals surface area contributed by atoms with E-state index in [0.29, 0.717) is 19.3 Å². The van der Waals surface area contributed by atoms with Crippen LogP contribution in [0.15, 0.2) is 11.6 Å². The zero-order valence-electron chi connectivity index (χ0n) is 17.6. The summed E-state index contributed by atoms with van der Waals surface area (Å²) in [5.41, 5.74) is 0.705. The molecule has 26 heavy (non-hydrogen) atoms. The van der Waals surface area contributed by atoms with Crippen LogP contribution >= 0.6 is 11.8 Å². The van der Waals surface area contributed by atoms with Crippen molar-refractivity contribution in [2.45, 2.75) is 91.7 Å². The van der Waals surface area contributed by atoms with Gasteiger partial charge in [-0.05, 0) is 52.4 Å². The van der Waals surface area contributed by atoms with E-state index >= 15 is 0 Å². The maximum atomic E-state index is 13.1. The quantitative estimate of drug-likeness (QED) is 0.502. The summed E-state index contributed by atoms with van der Waals surface area (Å²) >= 11 is 1.40. The Balaban J connectivity index is 3.08. The van der Waals surface area contributed by atoms with Gasteiger partial charge in [0, 0.05) is 28.9 Å². The smallest absolute Gasteiger partial charge is 0.192 e. The van der Waals surface area contributed by atoms with E-state index in [2.05, 4.69) is 40.7 Å². The number of thioether (sulfide) groups is 1. The molecule has 4 heteroatoms. The Morgan fingerprint density at radius 2 is 1.88 bits per heavy atom. The highest BCUT2D eigenvalue weighted by atomic mass is 32.2. The Morgan fingerprint density at radius 3 is 2.38 bits per heavy atom. The lowest BCUT2D eigenvalue weighted by Gasteiger charge is -2.36. The van der Waals surface area contributed by atoms with Gasteiger partial charge >= 0.3 is 0 Å². The molecule has 3 nitrogen and oxygen atoms in total. The normalized spacial score (nSPS) is 24.4. The van der Waals surface area contributed by atoms with Gasteiger partial charge < -0.3 is 4.79 Å². The van der Waals surface area contributed by atoms with E-state index in [1.54, 1.807) is 6.92 Å². The highest BCUT2D eigenvalue weighted by Crippen LogP contribution is 2.50.